The van der Waals surface area contributed by atoms with Crippen molar-refractivity contribution in [3.63, 3.8) is 0 Å². The van der Waals surface area contributed by atoms with Crippen LogP contribution in [0.25, 0.3) is 0 Å². The molecular formula is C60H70BN3. The quantitative estimate of drug-likeness (QED) is 0.164. The van der Waals surface area contributed by atoms with Crippen LogP contribution in [0.4, 0.5) is 45.5 Å². The van der Waals surface area contributed by atoms with Crippen molar-refractivity contribution in [3.05, 3.63) is 149 Å². The van der Waals surface area contributed by atoms with Gasteiger partial charge in [-0.05, 0) is 140 Å². The van der Waals surface area contributed by atoms with Gasteiger partial charge in [-0.15, -0.1) is 0 Å². The van der Waals surface area contributed by atoms with Gasteiger partial charge >= 0.3 is 0 Å². The zero-order chi connectivity index (χ0) is 45.5. The van der Waals surface area contributed by atoms with E-state index in [0.717, 1.165) is 6.42 Å². The van der Waals surface area contributed by atoms with Crippen molar-refractivity contribution in [2.45, 2.75) is 155 Å². The Hall–Kier alpha value is -5.22. The first kappa shape index (κ1) is 42.7. The molecule has 0 spiro atoms. The second-order valence-corrected chi connectivity index (χ2v) is 24.3. The topological polar surface area (TPSA) is 9.72 Å². The molecule has 0 amide bonds. The molecule has 4 heteroatoms. The predicted molar refractivity (Wildman–Crippen MR) is 278 cm³/mol. The number of fused-ring (bicyclic) bond motifs is 7. The van der Waals surface area contributed by atoms with Gasteiger partial charge in [-0.25, -0.2) is 0 Å². The Labute approximate surface area is 386 Å². The zero-order valence-corrected chi connectivity index (χ0v) is 41.3. The molecule has 2 unspecified atom stereocenters. The van der Waals surface area contributed by atoms with Crippen molar-refractivity contribution in [2.24, 2.45) is 0 Å². The number of para-hydroxylation sites is 1. The zero-order valence-electron chi connectivity index (χ0n) is 41.3. The van der Waals surface area contributed by atoms with Crippen LogP contribution in [0.3, 0.4) is 0 Å². The lowest BCUT2D eigenvalue weighted by molar-refractivity contribution is 0.195. The molecule has 6 aromatic carbocycles. The molecule has 0 bridgehead atoms. The molecule has 1 saturated carbocycles. The van der Waals surface area contributed by atoms with Crippen molar-refractivity contribution >= 4 is 68.6 Å². The molecule has 4 aliphatic rings. The first-order chi connectivity index (χ1) is 30.0. The molecule has 1 fully saturated rings. The summed E-state index contributed by atoms with van der Waals surface area (Å²) in [6.07, 6.45) is 4.85. The Kier molecular flexibility index (Phi) is 9.44. The van der Waals surface area contributed by atoms with Crippen LogP contribution < -0.4 is 31.1 Å². The summed E-state index contributed by atoms with van der Waals surface area (Å²) < 4.78 is 0. The highest BCUT2D eigenvalue weighted by Gasteiger charge is 2.58. The van der Waals surface area contributed by atoms with Crippen LogP contribution >= 0.6 is 0 Å². The third-order valence-electron chi connectivity index (χ3n) is 16.0. The van der Waals surface area contributed by atoms with Crippen molar-refractivity contribution in [1.29, 1.82) is 0 Å². The molecule has 3 aliphatic heterocycles. The Morgan fingerprint density at radius 3 is 1.30 bits per heavy atom. The lowest BCUT2D eigenvalue weighted by Crippen LogP contribution is -2.61. The minimum atomic E-state index is -0.0916. The first-order valence-corrected chi connectivity index (χ1v) is 24.2. The average molecular weight is 844 g/mol. The number of nitrogens with zero attached hydrogens (tertiary/aromatic N) is 3. The van der Waals surface area contributed by atoms with Crippen LogP contribution in [0, 0.1) is 0 Å². The maximum absolute atomic E-state index is 2.79. The minimum Gasteiger partial charge on any atom is -0.334 e. The summed E-state index contributed by atoms with van der Waals surface area (Å²) in [5.74, 6) is 0. The number of hydrogen-bond donors (Lipinski definition) is 0. The van der Waals surface area contributed by atoms with E-state index in [0.29, 0.717) is 0 Å². The lowest BCUT2D eigenvalue weighted by Gasteiger charge is -2.51. The molecule has 0 saturated heterocycles. The first-order valence-electron chi connectivity index (χ1n) is 24.2. The number of hydrogen-bond acceptors (Lipinski definition) is 3. The summed E-state index contributed by atoms with van der Waals surface area (Å²) in [6, 6.07) is 48.3. The Morgan fingerprint density at radius 2 is 0.844 bits per heavy atom. The summed E-state index contributed by atoms with van der Waals surface area (Å²) in [5, 5.41) is 0. The molecule has 10 rings (SSSR count). The molecule has 2 atom stereocenters. The molecule has 0 radical (unpaired) electrons. The van der Waals surface area contributed by atoms with Gasteiger partial charge in [0.1, 0.15) is 0 Å². The highest BCUT2D eigenvalue weighted by molar-refractivity contribution is 7.00. The predicted octanol–water partition coefficient (Wildman–Crippen LogP) is 14.7. The lowest BCUT2D eigenvalue weighted by atomic mass is 9.33. The largest absolute Gasteiger partial charge is 0.334 e. The van der Waals surface area contributed by atoms with Crippen LogP contribution in [-0.4, -0.2) is 12.3 Å². The van der Waals surface area contributed by atoms with E-state index >= 15 is 0 Å². The Morgan fingerprint density at radius 1 is 0.422 bits per heavy atom. The molecule has 3 nitrogen and oxygen atoms in total. The number of rotatable bonds is 3. The number of benzene rings is 6. The molecule has 1 aliphatic carbocycles. The van der Waals surface area contributed by atoms with Crippen molar-refractivity contribution in [3.8, 4) is 0 Å². The molecule has 0 aromatic heterocycles. The van der Waals surface area contributed by atoms with Crippen molar-refractivity contribution in [2.75, 3.05) is 14.7 Å². The summed E-state index contributed by atoms with van der Waals surface area (Å²) >= 11 is 0. The van der Waals surface area contributed by atoms with Crippen LogP contribution in [0.5, 0.6) is 0 Å². The molecule has 64 heavy (non-hydrogen) atoms. The van der Waals surface area contributed by atoms with E-state index in [4.69, 9.17) is 0 Å². The normalized spacial score (nSPS) is 20.4. The van der Waals surface area contributed by atoms with Gasteiger partial charge in [-0.2, -0.15) is 0 Å². The fourth-order valence-electron chi connectivity index (χ4n) is 11.9. The molecule has 3 heterocycles. The second-order valence-electron chi connectivity index (χ2n) is 24.3. The minimum absolute atomic E-state index is 0.0224. The molecule has 328 valence electrons. The monoisotopic (exact) mass is 844 g/mol. The van der Waals surface area contributed by atoms with Crippen LogP contribution in [0.2, 0.25) is 0 Å². The van der Waals surface area contributed by atoms with Gasteiger partial charge in [0, 0.05) is 50.9 Å². The standard InChI is InChI=1S/C60H70BN3/c1-55(2,3)39-21-27-43(28-22-39)62-50-35-41(57(7,8)9)25-31-47(50)61-48-32-26-42(58(10,11)12)36-51(48)63(44-29-23-40(24-30-44)56(4,5)6)53-38-45(37-52(62)54(53)61)64-49-20-16-15-19-46(49)59(13)33-17-18-34-60(59,64)14/h15-16,19-32,35-38H,17-18,33-34H2,1-14H3. The third kappa shape index (κ3) is 6.43. The third-order valence-corrected chi connectivity index (χ3v) is 16.0. The van der Waals surface area contributed by atoms with Crippen LogP contribution in [0.15, 0.2) is 121 Å². The van der Waals surface area contributed by atoms with Gasteiger partial charge in [0.2, 0.25) is 0 Å². The fraction of sp³-hybridized carbons (Fsp3) is 0.400. The van der Waals surface area contributed by atoms with Crippen LogP contribution in [-0.2, 0) is 27.1 Å². The highest BCUT2D eigenvalue weighted by atomic mass is 15.3. The van der Waals surface area contributed by atoms with Gasteiger partial charge < -0.3 is 14.7 Å². The summed E-state index contributed by atoms with van der Waals surface area (Å²) in [5.41, 5.74) is 21.1. The summed E-state index contributed by atoms with van der Waals surface area (Å²) in [7, 11) is 0. The Bertz CT molecular complexity index is 2660. The fourth-order valence-corrected chi connectivity index (χ4v) is 11.9. The van der Waals surface area contributed by atoms with Crippen molar-refractivity contribution in [1.82, 2.24) is 0 Å². The smallest absolute Gasteiger partial charge is 0.252 e. The van der Waals surface area contributed by atoms with E-state index in [2.05, 4.69) is 233 Å². The maximum Gasteiger partial charge on any atom is 0.252 e. The second kappa shape index (κ2) is 14.1. The highest BCUT2D eigenvalue weighted by Crippen LogP contribution is 2.61. The molecule has 6 aromatic rings. The van der Waals surface area contributed by atoms with Gasteiger partial charge in [-0.3, -0.25) is 0 Å². The van der Waals surface area contributed by atoms with Gasteiger partial charge in [-0.1, -0.05) is 170 Å². The maximum atomic E-state index is 2.79. The average Bonchev–Trinajstić information content (AvgIpc) is 3.45. The number of anilines is 8. The van der Waals surface area contributed by atoms with E-state index in [1.807, 2.05) is 0 Å². The van der Waals surface area contributed by atoms with Crippen molar-refractivity contribution < 1.29 is 0 Å². The summed E-state index contributed by atoms with van der Waals surface area (Å²) in [6.45, 7) is 33.2. The van der Waals surface area contributed by atoms with Gasteiger partial charge in [0.25, 0.3) is 6.71 Å². The summed E-state index contributed by atoms with van der Waals surface area (Å²) in [4.78, 5) is 8.06. The van der Waals surface area contributed by atoms with E-state index in [1.54, 1.807) is 0 Å². The van der Waals surface area contributed by atoms with Gasteiger partial charge in [0.05, 0.1) is 5.54 Å². The Balaban J connectivity index is 1.34. The van der Waals surface area contributed by atoms with Crippen LogP contribution in [0.1, 0.15) is 150 Å². The molecule has 0 N–H and O–H groups in total. The van der Waals surface area contributed by atoms with E-state index in [-0.39, 0.29) is 39.3 Å². The van der Waals surface area contributed by atoms with E-state index in [9.17, 15) is 0 Å². The van der Waals surface area contributed by atoms with E-state index < -0.39 is 0 Å². The molecular weight excluding hydrogens is 773 g/mol. The van der Waals surface area contributed by atoms with Gasteiger partial charge in [0.15, 0.2) is 0 Å². The van der Waals surface area contributed by atoms with E-state index in [1.165, 1.54) is 109 Å². The SMILES string of the molecule is CC(C)(C)c1ccc(N2c3cc(C(C)(C)C)ccc3B3c4ccc(C(C)(C)C)cc4N(c4ccc(C(C)(C)C)cc4)c4cc(N5c6ccccc6C6(C)CCCCC56C)cc2c43)cc1.